The van der Waals surface area contributed by atoms with Crippen LogP contribution in [-0.4, -0.2) is 76.2 Å². The van der Waals surface area contributed by atoms with E-state index in [2.05, 4.69) is 5.32 Å². The third kappa shape index (κ3) is 13.0. The number of anilines is 1. The van der Waals surface area contributed by atoms with E-state index in [1.165, 1.54) is 17.4 Å². The van der Waals surface area contributed by atoms with Gasteiger partial charge in [-0.05, 0) is 48.7 Å². The van der Waals surface area contributed by atoms with Gasteiger partial charge in [0.15, 0.2) is 0 Å². The van der Waals surface area contributed by atoms with E-state index in [4.69, 9.17) is 36.2 Å². The molecule has 212 valence electrons. The molecule has 1 aromatic carbocycles. The van der Waals surface area contributed by atoms with Gasteiger partial charge in [0, 0.05) is 41.5 Å². The molecule has 0 saturated heterocycles. The summed E-state index contributed by atoms with van der Waals surface area (Å²) in [7, 11) is 1.91. The molecule has 2 aromatic rings. The monoisotopic (exact) mass is 577 g/mol. The Bertz CT molecular complexity index is 1080. The average Bonchev–Trinajstić information content (AvgIpc) is 3.41. The second-order valence-corrected chi connectivity index (χ2v) is 10.0. The number of hydrogen-bond donors (Lipinski definition) is 2. The van der Waals surface area contributed by atoms with Crippen molar-refractivity contribution in [3.05, 3.63) is 46.8 Å². The molecular formula is C28H36ClN3O6S. The number of nitrogens with zero attached hydrogens (tertiary/aromatic N) is 2. The summed E-state index contributed by atoms with van der Waals surface area (Å²) in [6.07, 6.45) is 5.22. The van der Waals surface area contributed by atoms with Crippen LogP contribution in [0.1, 0.15) is 30.6 Å². The molecule has 0 unspecified atom stereocenters. The van der Waals surface area contributed by atoms with E-state index in [0.29, 0.717) is 43.7 Å². The fourth-order valence-corrected chi connectivity index (χ4v) is 4.55. The number of aliphatic carboxylic acids is 1. The molecule has 2 N–H and O–H groups in total. The van der Waals surface area contributed by atoms with Crippen LogP contribution in [0.4, 0.5) is 10.5 Å². The van der Waals surface area contributed by atoms with Crippen LogP contribution in [0.3, 0.4) is 0 Å². The number of carbonyl (C=O) groups is 2. The van der Waals surface area contributed by atoms with Gasteiger partial charge in [0.2, 0.25) is 0 Å². The van der Waals surface area contributed by atoms with Gasteiger partial charge in [0.1, 0.15) is 18.2 Å². The summed E-state index contributed by atoms with van der Waals surface area (Å²) in [5.41, 5.74) is 1.64. The Kier molecular flexibility index (Phi) is 15.7. The molecule has 0 atom stereocenters. The first-order valence-corrected chi connectivity index (χ1v) is 14.2. The van der Waals surface area contributed by atoms with Crippen molar-refractivity contribution in [1.82, 2.24) is 5.32 Å². The van der Waals surface area contributed by atoms with E-state index in [-0.39, 0.29) is 12.2 Å². The van der Waals surface area contributed by atoms with E-state index < -0.39 is 12.1 Å². The lowest BCUT2D eigenvalue weighted by molar-refractivity contribution is -0.132. The Morgan fingerprint density at radius 2 is 1.74 bits per heavy atom. The van der Waals surface area contributed by atoms with Crippen molar-refractivity contribution in [3.63, 3.8) is 0 Å². The van der Waals surface area contributed by atoms with Crippen LogP contribution >= 0.6 is 22.9 Å². The minimum Gasteiger partial charge on any atom is -0.477 e. The zero-order valence-electron chi connectivity index (χ0n) is 22.2. The molecule has 9 nitrogen and oxygen atoms in total. The first-order valence-electron chi connectivity index (χ1n) is 12.8. The first-order chi connectivity index (χ1) is 18.9. The zero-order valence-corrected chi connectivity index (χ0v) is 23.8. The zero-order chi connectivity index (χ0) is 28.3. The number of likely N-dealkylation sites (N-methyl/N-ethyl adjacent to an activating group) is 1. The molecule has 0 fully saturated rings. The van der Waals surface area contributed by atoms with Crippen LogP contribution < -0.4 is 10.2 Å². The van der Waals surface area contributed by atoms with Crippen LogP contribution in [0.15, 0.2) is 42.0 Å². The lowest BCUT2D eigenvalue weighted by atomic mass is 10.1. The second kappa shape index (κ2) is 19.0. The first kappa shape index (κ1) is 32.1. The van der Waals surface area contributed by atoms with Gasteiger partial charge in [0.25, 0.3) is 0 Å². The number of carboxylic acids is 1. The minimum absolute atomic E-state index is 0.231. The Labute approximate surface area is 238 Å². The summed E-state index contributed by atoms with van der Waals surface area (Å²) in [6, 6.07) is 13.2. The standard InChI is InChI=1S/C28H36ClN3O6S/c1-32(14-17-38-28(35)31-13-16-37-19-18-36-15-5-3-2-4-12-29)24-8-6-22(7-9-24)26-11-10-25(39-26)20-23(21-30)27(33)34/h6-11,20H,2-5,12-19H2,1H3,(H,31,35)(H,33,34)/b23-20+. The van der Waals surface area contributed by atoms with Crippen molar-refractivity contribution < 1.29 is 28.9 Å². The van der Waals surface area contributed by atoms with Gasteiger partial charge in [-0.2, -0.15) is 5.26 Å². The van der Waals surface area contributed by atoms with Crippen molar-refractivity contribution >= 4 is 46.8 Å². The Morgan fingerprint density at radius 3 is 2.44 bits per heavy atom. The van der Waals surface area contributed by atoms with Crippen LogP contribution in [0.25, 0.3) is 16.5 Å². The highest BCUT2D eigenvalue weighted by atomic mass is 35.5. The smallest absolute Gasteiger partial charge is 0.407 e. The maximum atomic E-state index is 11.9. The Hall–Kier alpha value is -3.10. The average molecular weight is 578 g/mol. The molecule has 0 aliphatic heterocycles. The number of alkyl halides is 1. The molecular weight excluding hydrogens is 542 g/mol. The molecule has 11 heteroatoms. The molecule has 0 aliphatic rings. The molecule has 0 saturated carbocycles. The molecule has 0 radical (unpaired) electrons. The highest BCUT2D eigenvalue weighted by Crippen LogP contribution is 2.30. The van der Waals surface area contributed by atoms with E-state index >= 15 is 0 Å². The van der Waals surface area contributed by atoms with Gasteiger partial charge in [0.05, 0.1) is 26.4 Å². The number of carbonyl (C=O) groups excluding carboxylic acids is 1. The third-order valence-corrected chi connectivity index (χ3v) is 6.93. The van der Waals surface area contributed by atoms with Gasteiger partial charge in [-0.3, -0.25) is 0 Å². The van der Waals surface area contributed by atoms with E-state index in [9.17, 15) is 9.59 Å². The molecule has 1 amide bonds. The van der Waals surface area contributed by atoms with Gasteiger partial charge in [-0.15, -0.1) is 22.9 Å². The number of unbranched alkanes of at least 4 members (excludes halogenated alkanes) is 3. The molecule has 2 rings (SSSR count). The fourth-order valence-electron chi connectivity index (χ4n) is 3.40. The lowest BCUT2D eigenvalue weighted by Gasteiger charge is -2.19. The van der Waals surface area contributed by atoms with E-state index in [1.54, 1.807) is 12.1 Å². The normalized spacial score (nSPS) is 11.2. The largest absolute Gasteiger partial charge is 0.477 e. The quantitative estimate of drug-likeness (QED) is 0.0985. The second-order valence-electron chi connectivity index (χ2n) is 8.54. The van der Waals surface area contributed by atoms with Gasteiger partial charge in [-0.25, -0.2) is 9.59 Å². The number of thiophene rings is 1. The maximum Gasteiger partial charge on any atom is 0.407 e. The number of nitriles is 1. The lowest BCUT2D eigenvalue weighted by Crippen LogP contribution is -2.31. The van der Waals surface area contributed by atoms with Crippen LogP contribution in [0.2, 0.25) is 0 Å². The van der Waals surface area contributed by atoms with Crippen LogP contribution in [0.5, 0.6) is 0 Å². The number of rotatable bonds is 19. The number of hydrogen-bond acceptors (Lipinski definition) is 8. The van der Waals surface area contributed by atoms with Gasteiger partial charge < -0.3 is 29.5 Å². The summed E-state index contributed by atoms with van der Waals surface area (Å²) < 4.78 is 16.2. The van der Waals surface area contributed by atoms with Gasteiger partial charge >= 0.3 is 12.1 Å². The molecule has 1 heterocycles. The number of alkyl carbamates (subject to hydrolysis) is 1. The number of carboxylic acid groups (broad SMARTS) is 1. The van der Waals surface area contributed by atoms with Crippen molar-refractivity contribution in [2.45, 2.75) is 25.7 Å². The summed E-state index contributed by atoms with van der Waals surface area (Å²) in [6.45, 7) is 3.25. The number of benzene rings is 1. The predicted octanol–water partition coefficient (Wildman–Crippen LogP) is 5.40. The number of halogens is 1. The van der Waals surface area contributed by atoms with Crippen molar-refractivity contribution in [2.24, 2.45) is 0 Å². The Morgan fingerprint density at radius 1 is 1.03 bits per heavy atom. The highest BCUT2D eigenvalue weighted by Gasteiger charge is 2.09. The number of amides is 1. The molecule has 39 heavy (non-hydrogen) atoms. The summed E-state index contributed by atoms with van der Waals surface area (Å²) >= 11 is 7.05. The molecule has 0 aliphatic carbocycles. The van der Waals surface area contributed by atoms with Crippen molar-refractivity contribution in [3.8, 4) is 16.5 Å². The highest BCUT2D eigenvalue weighted by molar-refractivity contribution is 7.16. The summed E-state index contributed by atoms with van der Waals surface area (Å²) in [4.78, 5) is 26.5. The number of nitrogens with one attached hydrogen (secondary N) is 1. The van der Waals surface area contributed by atoms with Gasteiger partial charge in [-0.1, -0.05) is 25.0 Å². The number of ether oxygens (including phenoxy) is 3. The summed E-state index contributed by atoms with van der Waals surface area (Å²) in [5.74, 6) is -0.528. The molecule has 0 spiro atoms. The van der Waals surface area contributed by atoms with Crippen molar-refractivity contribution in [2.75, 3.05) is 64.0 Å². The maximum absolute atomic E-state index is 11.9. The van der Waals surface area contributed by atoms with Crippen LogP contribution in [-0.2, 0) is 19.0 Å². The SMILES string of the molecule is CN(CCOC(=O)NCCOCCOCCCCCCCl)c1ccc(-c2ccc(/C=C(\C#N)C(=O)O)s2)cc1. The molecule has 1 aromatic heterocycles. The summed E-state index contributed by atoms with van der Waals surface area (Å²) in [5, 5.41) is 20.6. The predicted molar refractivity (Wildman–Crippen MR) is 154 cm³/mol. The minimum atomic E-state index is -1.24. The van der Waals surface area contributed by atoms with Crippen LogP contribution in [0, 0.1) is 11.3 Å². The van der Waals surface area contributed by atoms with Crippen molar-refractivity contribution in [1.29, 1.82) is 5.26 Å². The van der Waals surface area contributed by atoms with E-state index in [1.807, 2.05) is 42.3 Å². The fraction of sp³-hybridized carbons (Fsp3) is 0.464. The third-order valence-electron chi connectivity index (χ3n) is 5.58. The topological polar surface area (TPSA) is 121 Å². The Balaban J connectivity index is 1.59. The van der Waals surface area contributed by atoms with E-state index in [0.717, 1.165) is 48.4 Å². The molecule has 0 bridgehead atoms.